The number of carbonyl (C=O) groups excluding carboxylic acids is 1. The number of aliphatic imine (C=N–C) groups is 1. The summed E-state index contributed by atoms with van der Waals surface area (Å²) < 4.78 is 0. The summed E-state index contributed by atoms with van der Waals surface area (Å²) in [5.74, 6) is 1.70. The molecular weight excluding hydrogens is 456 g/mol. The van der Waals surface area contributed by atoms with E-state index < -0.39 is 0 Å². The lowest BCUT2D eigenvalue weighted by Crippen LogP contribution is -2.34. The van der Waals surface area contributed by atoms with Crippen molar-refractivity contribution in [3.05, 3.63) is 53.6 Å². The Morgan fingerprint density at radius 3 is 2.32 bits per heavy atom. The maximum Gasteiger partial charge on any atom is 0.163 e. The molecule has 2 aliphatic rings. The first-order valence-electron chi connectivity index (χ1n) is 14.3. The van der Waals surface area contributed by atoms with Gasteiger partial charge in [-0.2, -0.15) is 0 Å². The zero-order valence-electron chi connectivity index (χ0n) is 25.1. The number of hydrogen-bond acceptors (Lipinski definition) is 5. The number of pyridine rings is 1. The second kappa shape index (κ2) is 14.0. The molecule has 1 saturated heterocycles. The van der Waals surface area contributed by atoms with E-state index >= 15 is 0 Å². The van der Waals surface area contributed by atoms with Gasteiger partial charge in [-0.05, 0) is 44.2 Å². The highest BCUT2D eigenvalue weighted by Crippen LogP contribution is 2.30. The first-order chi connectivity index (χ1) is 17.5. The number of nitrogens with zero attached hydrogens (tertiary/aromatic N) is 4. The van der Waals surface area contributed by atoms with Gasteiger partial charge in [-0.15, -0.1) is 0 Å². The van der Waals surface area contributed by atoms with Crippen molar-refractivity contribution in [2.24, 2.45) is 16.8 Å². The topological polar surface area (TPSA) is 48.8 Å². The zero-order valence-corrected chi connectivity index (χ0v) is 25.1. The molecule has 1 saturated carbocycles. The van der Waals surface area contributed by atoms with Crippen LogP contribution < -0.4 is 0 Å². The van der Waals surface area contributed by atoms with Crippen molar-refractivity contribution >= 4 is 11.5 Å². The molecule has 2 heterocycles. The minimum Gasteiger partial charge on any atom is -0.356 e. The number of likely N-dealkylation sites (tertiary alicyclic amines) is 1. The summed E-state index contributed by atoms with van der Waals surface area (Å²) in [7, 11) is 2.10. The van der Waals surface area contributed by atoms with Crippen LogP contribution in [-0.2, 0) is 16.8 Å². The van der Waals surface area contributed by atoms with Crippen LogP contribution in [0.3, 0.4) is 0 Å². The third kappa shape index (κ3) is 8.36. The van der Waals surface area contributed by atoms with E-state index in [1.807, 2.05) is 20.0 Å². The lowest BCUT2D eigenvalue weighted by atomic mass is 9.91. The van der Waals surface area contributed by atoms with Crippen LogP contribution in [0.4, 0.5) is 0 Å². The van der Waals surface area contributed by atoms with Crippen molar-refractivity contribution < 1.29 is 4.79 Å². The molecular formula is C32H52N4O. The van der Waals surface area contributed by atoms with Gasteiger partial charge in [-0.3, -0.25) is 14.7 Å². The highest BCUT2D eigenvalue weighted by Gasteiger charge is 2.32. The SMILES string of the molecule is C=C/C(C(C)=O)=C(/N=C(\C)[C@@H]1CN(Cc2ccc(C(C)(C)C)nc2)CC1C)N(C)C1CCCCC1.CC. The first kappa shape index (κ1) is 31.0. The number of aromatic nitrogens is 1. The molecule has 0 N–H and O–H groups in total. The number of Topliss-reactive ketones (excluding diaryl/α,β-unsaturated/α-hetero) is 1. The summed E-state index contributed by atoms with van der Waals surface area (Å²) in [6, 6.07) is 4.82. The monoisotopic (exact) mass is 508 g/mol. The molecule has 37 heavy (non-hydrogen) atoms. The summed E-state index contributed by atoms with van der Waals surface area (Å²) in [6.45, 7) is 23.5. The van der Waals surface area contributed by atoms with Crippen molar-refractivity contribution in [1.29, 1.82) is 0 Å². The van der Waals surface area contributed by atoms with E-state index in [0.29, 0.717) is 23.5 Å². The molecule has 1 aromatic heterocycles. The summed E-state index contributed by atoms with van der Waals surface area (Å²) in [5, 5.41) is 0. The van der Waals surface area contributed by atoms with E-state index in [1.165, 1.54) is 24.8 Å². The molecule has 2 atom stereocenters. The fourth-order valence-corrected chi connectivity index (χ4v) is 5.57. The highest BCUT2D eigenvalue weighted by atomic mass is 16.1. The average molecular weight is 509 g/mol. The Hall–Kier alpha value is -2.27. The van der Waals surface area contributed by atoms with Gasteiger partial charge in [0.05, 0.1) is 5.57 Å². The molecule has 2 fully saturated rings. The number of rotatable bonds is 8. The Balaban J connectivity index is 0.00000235. The number of allylic oxidation sites excluding steroid dienone is 2. The molecule has 1 aromatic rings. The number of carbonyl (C=O) groups is 1. The maximum absolute atomic E-state index is 12.5. The third-order valence-electron chi connectivity index (χ3n) is 7.79. The minimum absolute atomic E-state index is 0.0292. The van der Waals surface area contributed by atoms with Crippen LogP contribution in [0.2, 0.25) is 0 Å². The maximum atomic E-state index is 12.5. The smallest absolute Gasteiger partial charge is 0.163 e. The van der Waals surface area contributed by atoms with Gasteiger partial charge < -0.3 is 4.90 Å². The molecule has 1 aliphatic carbocycles. The van der Waals surface area contributed by atoms with Crippen LogP contribution in [0.25, 0.3) is 0 Å². The van der Waals surface area contributed by atoms with Gasteiger partial charge in [-0.25, -0.2) is 4.99 Å². The van der Waals surface area contributed by atoms with E-state index in [4.69, 9.17) is 9.98 Å². The van der Waals surface area contributed by atoms with Crippen molar-refractivity contribution in [3.8, 4) is 0 Å². The molecule has 0 amide bonds. The Labute approximate surface area is 227 Å². The number of ketones is 1. The minimum atomic E-state index is 0.0292. The predicted octanol–water partition coefficient (Wildman–Crippen LogP) is 7.19. The summed E-state index contributed by atoms with van der Waals surface area (Å²) in [6.07, 6.45) is 9.83. The molecule has 5 nitrogen and oxygen atoms in total. The zero-order chi connectivity index (χ0) is 27.8. The van der Waals surface area contributed by atoms with E-state index in [-0.39, 0.29) is 11.2 Å². The van der Waals surface area contributed by atoms with Crippen molar-refractivity contribution in [3.63, 3.8) is 0 Å². The molecule has 0 radical (unpaired) electrons. The van der Waals surface area contributed by atoms with Gasteiger partial charge >= 0.3 is 0 Å². The average Bonchev–Trinajstić information content (AvgIpc) is 3.24. The quantitative estimate of drug-likeness (QED) is 0.212. The van der Waals surface area contributed by atoms with Crippen LogP contribution in [0, 0.1) is 11.8 Å². The lowest BCUT2D eigenvalue weighted by molar-refractivity contribution is -0.113. The van der Waals surface area contributed by atoms with E-state index in [1.54, 1.807) is 13.0 Å². The Morgan fingerprint density at radius 2 is 1.81 bits per heavy atom. The van der Waals surface area contributed by atoms with Crippen LogP contribution in [0.15, 0.2) is 47.4 Å². The molecule has 206 valence electrons. The van der Waals surface area contributed by atoms with Gasteiger partial charge in [-0.1, -0.05) is 79.5 Å². The molecule has 1 unspecified atom stereocenters. The van der Waals surface area contributed by atoms with Gasteiger partial charge in [0.1, 0.15) is 5.82 Å². The van der Waals surface area contributed by atoms with E-state index in [2.05, 4.69) is 70.2 Å². The number of hydrogen-bond donors (Lipinski definition) is 0. The normalized spacial score (nSPS) is 22.1. The summed E-state index contributed by atoms with van der Waals surface area (Å²) >= 11 is 0. The second-order valence-electron chi connectivity index (χ2n) is 11.7. The molecule has 0 aromatic carbocycles. The lowest BCUT2D eigenvalue weighted by Gasteiger charge is -2.34. The second-order valence-corrected chi connectivity index (χ2v) is 11.7. The summed E-state index contributed by atoms with van der Waals surface area (Å²) in [4.78, 5) is 27.1. The first-order valence-corrected chi connectivity index (χ1v) is 14.3. The van der Waals surface area contributed by atoms with Gasteiger partial charge in [0, 0.05) is 61.7 Å². The molecule has 5 heteroatoms. The molecule has 0 bridgehead atoms. The largest absolute Gasteiger partial charge is 0.356 e. The van der Waals surface area contributed by atoms with Crippen LogP contribution in [-0.4, -0.2) is 52.5 Å². The fraction of sp³-hybridized carbons (Fsp3) is 0.656. The molecule has 0 spiro atoms. The molecule has 1 aliphatic heterocycles. The van der Waals surface area contributed by atoms with Crippen molar-refractivity contribution in [2.45, 2.75) is 105 Å². The van der Waals surface area contributed by atoms with Crippen molar-refractivity contribution in [2.75, 3.05) is 20.1 Å². The standard InChI is InChI=1S/C30H46N4O.C2H6/c1-9-26(23(4)35)29(33(8)25-13-11-10-12-14-25)32-22(3)27-20-34(18-21(27)2)19-24-15-16-28(31-17-24)30(5,6)7;1-2/h9,15-17,21,25,27H,1,10-14,18-20H2,2-8H3;1-2H3/b29-26+,32-22+;/t21?,27-;/m1./s1. The third-order valence-corrected chi connectivity index (χ3v) is 7.79. The highest BCUT2D eigenvalue weighted by molar-refractivity contribution is 5.97. The molecule has 3 rings (SSSR count). The van der Waals surface area contributed by atoms with Gasteiger partial charge in [0.2, 0.25) is 0 Å². The Kier molecular flexibility index (Phi) is 11.7. The van der Waals surface area contributed by atoms with Gasteiger partial charge in [0.15, 0.2) is 5.78 Å². The van der Waals surface area contributed by atoms with Crippen molar-refractivity contribution in [1.82, 2.24) is 14.8 Å². The van der Waals surface area contributed by atoms with Gasteiger partial charge in [0.25, 0.3) is 0 Å². The fourth-order valence-electron chi connectivity index (χ4n) is 5.57. The Morgan fingerprint density at radius 1 is 1.16 bits per heavy atom. The van der Waals surface area contributed by atoms with E-state index in [9.17, 15) is 4.79 Å². The predicted molar refractivity (Wildman–Crippen MR) is 158 cm³/mol. The van der Waals surface area contributed by atoms with Crippen LogP contribution in [0.5, 0.6) is 0 Å². The summed E-state index contributed by atoms with van der Waals surface area (Å²) in [5.41, 5.74) is 4.19. The van der Waals surface area contributed by atoms with Crippen LogP contribution >= 0.6 is 0 Å². The van der Waals surface area contributed by atoms with E-state index in [0.717, 1.165) is 49.7 Å². The van der Waals surface area contributed by atoms with Crippen LogP contribution in [0.1, 0.15) is 98.8 Å². The Bertz CT molecular complexity index is 948.